The zero-order chi connectivity index (χ0) is 11.2. The van der Waals surface area contributed by atoms with E-state index in [1.807, 2.05) is 0 Å². The lowest BCUT2D eigenvalue weighted by atomic mass is 10.1. The molecule has 1 fully saturated rings. The average Bonchev–Trinajstić information content (AvgIpc) is 2.83. The highest BCUT2D eigenvalue weighted by Crippen LogP contribution is 2.10. The molecule has 1 aliphatic rings. The van der Waals surface area contributed by atoms with Gasteiger partial charge in [0.1, 0.15) is 0 Å². The lowest BCUT2D eigenvalue weighted by Crippen LogP contribution is -2.41. The quantitative estimate of drug-likeness (QED) is 0.509. The van der Waals surface area contributed by atoms with Crippen molar-refractivity contribution in [2.75, 3.05) is 19.6 Å². The van der Waals surface area contributed by atoms with Crippen LogP contribution in [0.1, 0.15) is 24.1 Å². The monoisotopic (exact) mass is 365 g/mol. The molecule has 0 unspecified atom stereocenters. The summed E-state index contributed by atoms with van der Waals surface area (Å²) >= 11 is 1.79. The molecular formula is C12H20IN3S. The Hall–Kier alpha value is -0.300. The van der Waals surface area contributed by atoms with Gasteiger partial charge in [-0.2, -0.15) is 0 Å². The van der Waals surface area contributed by atoms with E-state index in [1.165, 1.54) is 24.1 Å². The molecule has 1 aromatic rings. The molecule has 0 saturated carbocycles. The lowest BCUT2D eigenvalue weighted by molar-refractivity contribution is 0.338. The standard InChI is InChI=1S/C12H19N3S.HI/c13-12(15-8-2-1-3-9-15)14-7-6-11-5-4-10-16-11;/h4-5,10H,1-3,6-9H2,(H2,13,14);1H. The molecule has 2 rings (SSSR count). The van der Waals surface area contributed by atoms with Crippen molar-refractivity contribution in [3.63, 3.8) is 0 Å². The van der Waals surface area contributed by atoms with Crippen molar-refractivity contribution in [1.82, 2.24) is 4.90 Å². The first kappa shape index (κ1) is 14.8. The molecule has 0 spiro atoms. The number of hydrogen-bond acceptors (Lipinski definition) is 2. The van der Waals surface area contributed by atoms with Gasteiger partial charge in [-0.05, 0) is 30.7 Å². The van der Waals surface area contributed by atoms with Gasteiger partial charge >= 0.3 is 0 Å². The van der Waals surface area contributed by atoms with Gasteiger partial charge in [-0.25, -0.2) is 0 Å². The first-order chi connectivity index (χ1) is 7.86. The van der Waals surface area contributed by atoms with Crippen LogP contribution in [0.2, 0.25) is 0 Å². The minimum atomic E-state index is 0. The number of guanidine groups is 1. The third kappa shape index (κ3) is 4.83. The molecule has 2 N–H and O–H groups in total. The second-order valence-corrected chi connectivity index (χ2v) is 5.15. The predicted octanol–water partition coefficient (Wildman–Crippen LogP) is 2.71. The number of hydrogen-bond donors (Lipinski definition) is 1. The zero-order valence-electron chi connectivity index (χ0n) is 9.97. The van der Waals surface area contributed by atoms with Gasteiger partial charge in [0.2, 0.25) is 0 Å². The summed E-state index contributed by atoms with van der Waals surface area (Å²) < 4.78 is 0. The van der Waals surface area contributed by atoms with Gasteiger partial charge in [-0.3, -0.25) is 4.99 Å². The summed E-state index contributed by atoms with van der Waals surface area (Å²) in [5.74, 6) is 0.733. The molecule has 17 heavy (non-hydrogen) atoms. The van der Waals surface area contributed by atoms with Crippen LogP contribution in [-0.2, 0) is 6.42 Å². The second-order valence-electron chi connectivity index (χ2n) is 4.12. The number of nitrogens with zero attached hydrogens (tertiary/aromatic N) is 2. The van der Waals surface area contributed by atoms with Crippen molar-refractivity contribution in [1.29, 1.82) is 0 Å². The number of piperidine rings is 1. The Balaban J connectivity index is 0.00000144. The van der Waals surface area contributed by atoms with Crippen LogP contribution in [0.3, 0.4) is 0 Å². The topological polar surface area (TPSA) is 41.6 Å². The number of halogens is 1. The molecule has 1 saturated heterocycles. The highest BCUT2D eigenvalue weighted by atomic mass is 127. The van der Waals surface area contributed by atoms with E-state index < -0.39 is 0 Å². The summed E-state index contributed by atoms with van der Waals surface area (Å²) in [7, 11) is 0. The average molecular weight is 365 g/mol. The van der Waals surface area contributed by atoms with Gasteiger partial charge in [-0.15, -0.1) is 35.3 Å². The van der Waals surface area contributed by atoms with Crippen LogP contribution in [0.15, 0.2) is 22.5 Å². The third-order valence-corrected chi connectivity index (χ3v) is 3.83. The smallest absolute Gasteiger partial charge is 0.191 e. The highest BCUT2D eigenvalue weighted by Gasteiger charge is 2.11. The Labute approximate surface area is 124 Å². The van der Waals surface area contributed by atoms with E-state index in [2.05, 4.69) is 27.4 Å². The van der Waals surface area contributed by atoms with E-state index in [0.29, 0.717) is 0 Å². The molecule has 1 aliphatic heterocycles. The van der Waals surface area contributed by atoms with Crippen LogP contribution >= 0.6 is 35.3 Å². The molecule has 3 nitrogen and oxygen atoms in total. The molecule has 0 amide bonds. The first-order valence-corrected chi connectivity index (χ1v) is 6.81. The fourth-order valence-corrected chi connectivity index (χ4v) is 2.66. The number of thiophene rings is 1. The molecule has 5 heteroatoms. The fourth-order valence-electron chi connectivity index (χ4n) is 1.96. The molecule has 1 aromatic heterocycles. The first-order valence-electron chi connectivity index (χ1n) is 5.93. The van der Waals surface area contributed by atoms with Crippen LogP contribution in [0.25, 0.3) is 0 Å². The van der Waals surface area contributed by atoms with Crippen molar-refractivity contribution < 1.29 is 0 Å². The Bertz CT molecular complexity index is 332. The molecule has 0 aromatic carbocycles. The molecule has 0 bridgehead atoms. The maximum absolute atomic E-state index is 5.97. The minimum Gasteiger partial charge on any atom is -0.370 e. The van der Waals surface area contributed by atoms with Crippen molar-refractivity contribution in [2.24, 2.45) is 10.7 Å². The second kappa shape index (κ2) is 7.92. The van der Waals surface area contributed by atoms with E-state index in [-0.39, 0.29) is 24.0 Å². The summed E-state index contributed by atoms with van der Waals surface area (Å²) in [6.07, 6.45) is 4.84. The van der Waals surface area contributed by atoms with Crippen LogP contribution in [0.5, 0.6) is 0 Å². The van der Waals surface area contributed by atoms with Crippen molar-refractivity contribution in [2.45, 2.75) is 25.7 Å². The van der Waals surface area contributed by atoms with E-state index in [0.717, 1.165) is 32.0 Å². The highest BCUT2D eigenvalue weighted by molar-refractivity contribution is 14.0. The van der Waals surface area contributed by atoms with Gasteiger partial charge in [0.25, 0.3) is 0 Å². The van der Waals surface area contributed by atoms with Crippen molar-refractivity contribution >= 4 is 41.3 Å². The molecule has 96 valence electrons. The van der Waals surface area contributed by atoms with Gasteiger partial charge in [0.15, 0.2) is 5.96 Å². The van der Waals surface area contributed by atoms with Gasteiger partial charge in [0.05, 0.1) is 0 Å². The Morgan fingerprint density at radius 1 is 1.35 bits per heavy atom. The Morgan fingerprint density at radius 2 is 2.12 bits per heavy atom. The van der Waals surface area contributed by atoms with Crippen LogP contribution in [-0.4, -0.2) is 30.5 Å². The largest absolute Gasteiger partial charge is 0.370 e. The maximum Gasteiger partial charge on any atom is 0.191 e. The summed E-state index contributed by atoms with van der Waals surface area (Å²) in [6, 6.07) is 4.23. The maximum atomic E-state index is 5.97. The number of rotatable bonds is 3. The number of nitrogens with two attached hydrogens (primary N) is 1. The Morgan fingerprint density at radius 3 is 2.76 bits per heavy atom. The van der Waals surface area contributed by atoms with E-state index >= 15 is 0 Å². The number of likely N-dealkylation sites (tertiary alicyclic amines) is 1. The molecule has 0 atom stereocenters. The molecule has 0 aliphatic carbocycles. The van der Waals surface area contributed by atoms with Crippen molar-refractivity contribution in [3.05, 3.63) is 22.4 Å². The minimum absolute atomic E-state index is 0. The van der Waals surface area contributed by atoms with Crippen molar-refractivity contribution in [3.8, 4) is 0 Å². The molecule has 2 heterocycles. The van der Waals surface area contributed by atoms with Gasteiger partial charge in [0, 0.05) is 30.9 Å². The Kier molecular flexibility index (Phi) is 6.87. The number of aliphatic imine (C=N–C) groups is 1. The van der Waals surface area contributed by atoms with Crippen LogP contribution < -0.4 is 5.73 Å². The van der Waals surface area contributed by atoms with Gasteiger partial charge in [-0.1, -0.05) is 6.07 Å². The third-order valence-electron chi connectivity index (χ3n) is 2.89. The molecule has 0 radical (unpaired) electrons. The van der Waals surface area contributed by atoms with Crippen LogP contribution in [0.4, 0.5) is 0 Å². The van der Waals surface area contributed by atoms with E-state index in [1.54, 1.807) is 11.3 Å². The fraction of sp³-hybridized carbons (Fsp3) is 0.583. The molecular weight excluding hydrogens is 345 g/mol. The summed E-state index contributed by atoms with van der Waals surface area (Å²) in [5, 5.41) is 2.10. The lowest BCUT2D eigenvalue weighted by Gasteiger charge is -2.27. The van der Waals surface area contributed by atoms with Gasteiger partial charge < -0.3 is 10.6 Å². The van der Waals surface area contributed by atoms with Crippen LogP contribution in [0, 0.1) is 0 Å². The predicted molar refractivity (Wildman–Crippen MR) is 85.4 cm³/mol. The zero-order valence-corrected chi connectivity index (χ0v) is 13.1. The van der Waals surface area contributed by atoms with E-state index in [4.69, 9.17) is 5.73 Å². The summed E-state index contributed by atoms with van der Waals surface area (Å²) in [4.78, 5) is 8.04. The summed E-state index contributed by atoms with van der Waals surface area (Å²) in [5.41, 5.74) is 5.97. The van der Waals surface area contributed by atoms with E-state index in [9.17, 15) is 0 Å². The normalized spacial score (nSPS) is 16.7. The summed E-state index contributed by atoms with van der Waals surface area (Å²) in [6.45, 7) is 2.96. The SMILES string of the molecule is I.NC(=NCCc1cccs1)N1CCCCC1.